The minimum Gasteiger partial charge on any atom is -0.369 e. The molecule has 0 saturated carbocycles. The van der Waals surface area contributed by atoms with Crippen molar-refractivity contribution in [3.05, 3.63) is 64.8 Å². The van der Waals surface area contributed by atoms with E-state index in [-0.39, 0.29) is 30.4 Å². The molecule has 2 aliphatic rings. The number of hydrogen-bond donors (Lipinski definition) is 4. The second-order valence-electron chi connectivity index (χ2n) is 11.5. The van der Waals surface area contributed by atoms with Gasteiger partial charge < -0.3 is 35.1 Å². The predicted octanol–water partition coefficient (Wildman–Crippen LogP) is 5.51. The molecule has 0 unspecified atom stereocenters. The number of hydrogen-bond acceptors (Lipinski definition) is 8. The fourth-order valence-electron chi connectivity index (χ4n) is 6.09. The average Bonchev–Trinajstić information content (AvgIpc) is 3.28. The van der Waals surface area contributed by atoms with Gasteiger partial charge in [-0.05, 0) is 49.7 Å². The van der Waals surface area contributed by atoms with Gasteiger partial charge in [0.2, 0.25) is 5.95 Å². The zero-order valence-corrected chi connectivity index (χ0v) is 26.4. The van der Waals surface area contributed by atoms with E-state index in [1.54, 1.807) is 51.2 Å². The Bertz CT molecular complexity index is 1620. The van der Waals surface area contributed by atoms with Gasteiger partial charge in [-0.2, -0.15) is 18.2 Å². The molecule has 0 atom stereocenters. The molecule has 0 spiro atoms. The number of carbonyl (C=O) groups is 1. The summed E-state index contributed by atoms with van der Waals surface area (Å²) in [5.74, 6) is -0.958. The number of rotatable bonds is 9. The lowest BCUT2D eigenvalue weighted by atomic mass is 9.92. The first-order chi connectivity index (χ1) is 21.2. The number of amides is 1. The van der Waals surface area contributed by atoms with Gasteiger partial charge in [0.1, 0.15) is 11.4 Å². The SMILES string of the molecule is CCC(CC)(c1ccc(Nc2ncc(C(F)(F)F)c(Nc3ccc(N4CCN(C)CC4)c4c3C(=O)N(C)C4)n2)cc1)P(=O)(O)O. The summed E-state index contributed by atoms with van der Waals surface area (Å²) in [4.78, 5) is 47.3. The number of fused-ring (bicyclic) bond motifs is 1. The summed E-state index contributed by atoms with van der Waals surface area (Å²) in [7, 11) is -0.793. The molecule has 1 aromatic heterocycles. The quantitative estimate of drug-likeness (QED) is 0.220. The Morgan fingerprint density at radius 1 is 0.956 bits per heavy atom. The van der Waals surface area contributed by atoms with Crippen molar-refractivity contribution >= 4 is 42.3 Å². The second-order valence-corrected chi connectivity index (χ2v) is 13.4. The molecule has 2 aromatic carbocycles. The number of alkyl halides is 3. The van der Waals surface area contributed by atoms with Crippen molar-refractivity contribution in [2.75, 3.05) is 55.8 Å². The minimum atomic E-state index is -4.78. The maximum absolute atomic E-state index is 14.1. The van der Waals surface area contributed by atoms with Gasteiger partial charge in [0.15, 0.2) is 0 Å². The molecule has 0 bridgehead atoms. The maximum Gasteiger partial charge on any atom is 0.421 e. The van der Waals surface area contributed by atoms with Crippen LogP contribution in [0, 0.1) is 0 Å². The Morgan fingerprint density at radius 2 is 1.60 bits per heavy atom. The van der Waals surface area contributed by atoms with Gasteiger partial charge in [-0.25, -0.2) is 4.98 Å². The van der Waals surface area contributed by atoms with E-state index in [1.165, 1.54) is 4.90 Å². The number of likely N-dealkylation sites (N-methyl/N-ethyl adjacent to an activating group) is 1. The fourth-order valence-corrected chi connectivity index (χ4v) is 7.40. The summed E-state index contributed by atoms with van der Waals surface area (Å²) in [5, 5.41) is 4.31. The topological polar surface area (TPSA) is 134 Å². The van der Waals surface area contributed by atoms with Gasteiger partial charge in [-0.3, -0.25) is 9.36 Å². The van der Waals surface area contributed by atoms with Crippen LogP contribution in [-0.2, 0) is 22.4 Å². The van der Waals surface area contributed by atoms with Crippen molar-refractivity contribution < 1.29 is 32.3 Å². The Kier molecular flexibility index (Phi) is 8.89. The summed E-state index contributed by atoms with van der Waals surface area (Å²) in [6.07, 6.45) is -3.67. The molecule has 2 aliphatic heterocycles. The molecule has 5 rings (SSSR count). The lowest BCUT2D eigenvalue weighted by Gasteiger charge is -2.35. The molecular formula is C30H37F3N7O4P. The van der Waals surface area contributed by atoms with Crippen LogP contribution in [0.2, 0.25) is 0 Å². The highest BCUT2D eigenvalue weighted by Crippen LogP contribution is 2.61. The number of aromatic nitrogens is 2. The Morgan fingerprint density at radius 3 is 2.18 bits per heavy atom. The van der Waals surface area contributed by atoms with Crippen LogP contribution < -0.4 is 15.5 Å². The monoisotopic (exact) mass is 647 g/mol. The van der Waals surface area contributed by atoms with Crippen LogP contribution in [-0.4, -0.2) is 75.7 Å². The molecule has 242 valence electrons. The molecule has 15 heteroatoms. The molecule has 0 radical (unpaired) electrons. The fraction of sp³-hybridized carbons (Fsp3) is 0.433. The zero-order valence-electron chi connectivity index (χ0n) is 25.5. The van der Waals surface area contributed by atoms with Crippen LogP contribution in [0.1, 0.15) is 53.7 Å². The van der Waals surface area contributed by atoms with E-state index in [4.69, 9.17) is 0 Å². The first-order valence-corrected chi connectivity index (χ1v) is 16.3. The standard InChI is InChI=1S/C30H37F3N7O4P/c1-5-29(6-2,45(42,43)44)19-7-9-20(10-8-19)35-28-34-17-22(30(31,32)33)26(37-28)36-23-11-12-24(40-15-13-38(3)14-16-40)21-18-39(4)27(41)25(21)23/h7-12,17H,5-6,13-16,18H2,1-4H3,(H2,42,43,44)(H2,34,35,36,37). The van der Waals surface area contributed by atoms with Crippen molar-refractivity contribution in [2.24, 2.45) is 0 Å². The first-order valence-electron chi connectivity index (χ1n) is 14.7. The summed E-state index contributed by atoms with van der Waals surface area (Å²) in [5.41, 5.74) is 1.92. The number of piperazine rings is 1. The third kappa shape index (κ3) is 6.24. The number of nitrogens with one attached hydrogen (secondary N) is 2. The van der Waals surface area contributed by atoms with Crippen LogP contribution in [0.15, 0.2) is 42.6 Å². The van der Waals surface area contributed by atoms with Crippen LogP contribution in [0.3, 0.4) is 0 Å². The summed E-state index contributed by atoms with van der Waals surface area (Å²) >= 11 is 0. The third-order valence-electron chi connectivity index (χ3n) is 8.84. The lowest BCUT2D eigenvalue weighted by molar-refractivity contribution is -0.137. The smallest absolute Gasteiger partial charge is 0.369 e. The normalized spacial score (nSPS) is 16.2. The van der Waals surface area contributed by atoms with E-state index >= 15 is 0 Å². The number of anilines is 5. The van der Waals surface area contributed by atoms with Gasteiger partial charge in [0, 0.05) is 62.9 Å². The van der Waals surface area contributed by atoms with E-state index in [0.29, 0.717) is 29.6 Å². The van der Waals surface area contributed by atoms with Gasteiger partial charge >= 0.3 is 13.8 Å². The van der Waals surface area contributed by atoms with E-state index in [1.807, 2.05) is 13.1 Å². The molecule has 1 amide bonds. The predicted molar refractivity (Wildman–Crippen MR) is 166 cm³/mol. The largest absolute Gasteiger partial charge is 0.421 e. The van der Waals surface area contributed by atoms with Crippen LogP contribution >= 0.6 is 7.60 Å². The lowest BCUT2D eigenvalue weighted by Crippen LogP contribution is -2.44. The van der Waals surface area contributed by atoms with Crippen molar-refractivity contribution in [2.45, 2.75) is 44.6 Å². The summed E-state index contributed by atoms with van der Waals surface area (Å²) in [6, 6.07) is 9.73. The Labute approximate surface area is 259 Å². The van der Waals surface area contributed by atoms with E-state index in [0.717, 1.165) is 37.4 Å². The van der Waals surface area contributed by atoms with Crippen molar-refractivity contribution in [3.63, 3.8) is 0 Å². The molecule has 1 saturated heterocycles. The van der Waals surface area contributed by atoms with E-state index in [9.17, 15) is 32.3 Å². The Balaban J connectivity index is 1.47. The number of carbonyl (C=O) groups excluding carboxylic acids is 1. The van der Waals surface area contributed by atoms with Crippen LogP contribution in [0.4, 0.5) is 42.0 Å². The van der Waals surface area contributed by atoms with E-state index < -0.39 is 30.3 Å². The van der Waals surface area contributed by atoms with Gasteiger partial charge in [-0.1, -0.05) is 26.0 Å². The molecule has 1 fully saturated rings. The summed E-state index contributed by atoms with van der Waals surface area (Å²) < 4.78 is 54.6. The van der Waals surface area contributed by atoms with Gasteiger partial charge in [0.05, 0.1) is 16.4 Å². The van der Waals surface area contributed by atoms with Gasteiger partial charge in [0.25, 0.3) is 5.91 Å². The van der Waals surface area contributed by atoms with Crippen LogP contribution in [0.25, 0.3) is 0 Å². The molecule has 4 N–H and O–H groups in total. The average molecular weight is 648 g/mol. The van der Waals surface area contributed by atoms with E-state index in [2.05, 4.69) is 30.4 Å². The highest BCUT2D eigenvalue weighted by molar-refractivity contribution is 7.53. The first kappa shape index (κ1) is 32.7. The summed E-state index contributed by atoms with van der Waals surface area (Å²) in [6.45, 7) is 7.00. The zero-order chi connectivity index (χ0) is 32.7. The molecular weight excluding hydrogens is 610 g/mol. The van der Waals surface area contributed by atoms with Crippen molar-refractivity contribution in [1.29, 1.82) is 0 Å². The van der Waals surface area contributed by atoms with Crippen molar-refractivity contribution in [1.82, 2.24) is 19.8 Å². The maximum atomic E-state index is 14.1. The number of nitrogens with zero attached hydrogens (tertiary/aromatic N) is 5. The highest BCUT2D eigenvalue weighted by Gasteiger charge is 2.45. The third-order valence-corrected chi connectivity index (χ3v) is 10.8. The number of halogens is 3. The van der Waals surface area contributed by atoms with Crippen molar-refractivity contribution in [3.8, 4) is 0 Å². The molecule has 45 heavy (non-hydrogen) atoms. The second kappa shape index (κ2) is 12.2. The van der Waals surface area contributed by atoms with Crippen LogP contribution in [0.5, 0.6) is 0 Å². The van der Waals surface area contributed by atoms with Gasteiger partial charge in [-0.15, -0.1) is 0 Å². The molecule has 0 aliphatic carbocycles. The molecule has 3 aromatic rings. The number of benzene rings is 2. The molecule has 11 nitrogen and oxygen atoms in total. The molecule has 3 heterocycles. The Hall–Kier alpha value is -3.71. The highest BCUT2D eigenvalue weighted by atomic mass is 31.2. The minimum absolute atomic E-state index is 0.139.